The second-order valence-electron chi connectivity index (χ2n) is 7.99. The summed E-state index contributed by atoms with van der Waals surface area (Å²) >= 11 is 0. The molecule has 2 fully saturated rings. The maximum atomic E-state index is 13.0. The van der Waals surface area contributed by atoms with Crippen molar-refractivity contribution in [3.8, 4) is 0 Å². The van der Waals surface area contributed by atoms with Gasteiger partial charge in [-0.3, -0.25) is 14.5 Å². The van der Waals surface area contributed by atoms with E-state index in [9.17, 15) is 14.4 Å². The Bertz CT molecular complexity index is 918. The number of amides is 2. The lowest BCUT2D eigenvalue weighted by Gasteiger charge is -2.34. The van der Waals surface area contributed by atoms with Gasteiger partial charge in [0, 0.05) is 0 Å². The van der Waals surface area contributed by atoms with Crippen LogP contribution in [0.3, 0.4) is 0 Å². The standard InChI is InChI=1S/C24H26N2O4/c1-30-24(29)19-7-9-20(10-8-19)26-22(27)16-21(23(26)28)25-13-11-18(12-14-25)15-17-5-3-2-4-6-17/h2-10,18,21H,11-16H2,1H3/t21-/m0/s1. The van der Waals surface area contributed by atoms with Crippen LogP contribution in [0.25, 0.3) is 0 Å². The summed E-state index contributed by atoms with van der Waals surface area (Å²) in [6.07, 6.45) is 3.33. The number of ether oxygens (including phenoxy) is 1. The number of anilines is 1. The topological polar surface area (TPSA) is 66.9 Å². The number of hydrogen-bond acceptors (Lipinski definition) is 5. The lowest BCUT2D eigenvalue weighted by Crippen LogP contribution is -2.46. The molecule has 0 aliphatic carbocycles. The Morgan fingerprint density at radius 1 is 1.00 bits per heavy atom. The average molecular weight is 406 g/mol. The number of hydrogen-bond donors (Lipinski definition) is 0. The third-order valence-corrected chi connectivity index (χ3v) is 6.13. The molecular formula is C24H26N2O4. The quantitative estimate of drug-likeness (QED) is 0.564. The number of piperidine rings is 1. The number of benzene rings is 2. The first-order chi connectivity index (χ1) is 14.6. The molecule has 0 unspecified atom stereocenters. The smallest absolute Gasteiger partial charge is 0.337 e. The zero-order chi connectivity index (χ0) is 21.1. The van der Waals surface area contributed by atoms with Crippen molar-refractivity contribution in [3.63, 3.8) is 0 Å². The summed E-state index contributed by atoms with van der Waals surface area (Å²) in [7, 11) is 1.32. The third-order valence-electron chi connectivity index (χ3n) is 6.13. The Labute approximate surface area is 176 Å². The Balaban J connectivity index is 1.38. The third kappa shape index (κ3) is 4.14. The van der Waals surface area contributed by atoms with Gasteiger partial charge in [0.2, 0.25) is 5.91 Å². The first-order valence-electron chi connectivity index (χ1n) is 10.4. The molecule has 2 heterocycles. The van der Waals surface area contributed by atoms with Crippen LogP contribution in [0.15, 0.2) is 54.6 Å². The SMILES string of the molecule is COC(=O)c1ccc(N2C(=O)C[C@H](N3CCC(Cc4ccccc4)CC3)C2=O)cc1. The normalized spacial score (nSPS) is 20.6. The molecule has 2 aliphatic heterocycles. The van der Waals surface area contributed by atoms with E-state index in [0.717, 1.165) is 32.4 Å². The zero-order valence-electron chi connectivity index (χ0n) is 17.1. The molecule has 2 amide bonds. The summed E-state index contributed by atoms with van der Waals surface area (Å²) < 4.78 is 4.69. The van der Waals surface area contributed by atoms with Crippen molar-refractivity contribution in [2.24, 2.45) is 5.92 Å². The fourth-order valence-electron chi connectivity index (χ4n) is 4.45. The molecule has 6 nitrogen and oxygen atoms in total. The van der Waals surface area contributed by atoms with Gasteiger partial charge in [-0.25, -0.2) is 9.69 Å². The van der Waals surface area contributed by atoms with Crippen LogP contribution in [0.2, 0.25) is 0 Å². The van der Waals surface area contributed by atoms with E-state index < -0.39 is 12.0 Å². The molecular weight excluding hydrogens is 380 g/mol. The summed E-state index contributed by atoms with van der Waals surface area (Å²) in [4.78, 5) is 40.6. The monoisotopic (exact) mass is 406 g/mol. The number of nitrogens with zero attached hydrogens (tertiary/aromatic N) is 2. The van der Waals surface area contributed by atoms with E-state index in [1.807, 2.05) is 6.07 Å². The van der Waals surface area contributed by atoms with E-state index in [0.29, 0.717) is 17.2 Å². The first kappa shape index (κ1) is 20.3. The van der Waals surface area contributed by atoms with Crippen LogP contribution in [0, 0.1) is 5.92 Å². The van der Waals surface area contributed by atoms with Crippen LogP contribution in [0.4, 0.5) is 5.69 Å². The molecule has 0 saturated carbocycles. The molecule has 0 radical (unpaired) electrons. The summed E-state index contributed by atoms with van der Waals surface area (Å²) in [5.74, 6) is -0.204. The van der Waals surface area contributed by atoms with Crippen LogP contribution >= 0.6 is 0 Å². The Morgan fingerprint density at radius 3 is 2.30 bits per heavy atom. The van der Waals surface area contributed by atoms with Crippen molar-refractivity contribution in [1.82, 2.24) is 4.90 Å². The predicted octanol–water partition coefficient (Wildman–Crippen LogP) is 3.06. The molecule has 0 aromatic heterocycles. The van der Waals surface area contributed by atoms with Gasteiger partial charge in [0.1, 0.15) is 0 Å². The number of imide groups is 1. The van der Waals surface area contributed by atoms with Crippen molar-refractivity contribution < 1.29 is 19.1 Å². The van der Waals surface area contributed by atoms with Crippen LogP contribution in [0.5, 0.6) is 0 Å². The average Bonchev–Trinajstić information content (AvgIpc) is 3.08. The lowest BCUT2D eigenvalue weighted by atomic mass is 9.89. The fraction of sp³-hybridized carbons (Fsp3) is 0.375. The van der Waals surface area contributed by atoms with Gasteiger partial charge in [-0.2, -0.15) is 0 Å². The Kier molecular flexibility index (Phi) is 5.95. The van der Waals surface area contributed by atoms with Gasteiger partial charge in [0.05, 0.1) is 30.8 Å². The minimum Gasteiger partial charge on any atom is -0.465 e. The molecule has 6 heteroatoms. The summed E-state index contributed by atoms with van der Waals surface area (Å²) in [6, 6.07) is 16.5. The molecule has 156 valence electrons. The molecule has 2 aromatic rings. The van der Waals surface area contributed by atoms with Gasteiger partial charge < -0.3 is 4.74 Å². The van der Waals surface area contributed by atoms with Gasteiger partial charge in [-0.15, -0.1) is 0 Å². The minimum absolute atomic E-state index is 0.174. The fourth-order valence-corrected chi connectivity index (χ4v) is 4.45. The van der Waals surface area contributed by atoms with Gasteiger partial charge in [0.15, 0.2) is 0 Å². The van der Waals surface area contributed by atoms with E-state index in [2.05, 4.69) is 29.2 Å². The van der Waals surface area contributed by atoms with Crippen molar-refractivity contribution in [3.05, 3.63) is 65.7 Å². The Hall–Kier alpha value is -2.99. The number of methoxy groups -OCH3 is 1. The van der Waals surface area contributed by atoms with Crippen LogP contribution in [0.1, 0.15) is 35.2 Å². The van der Waals surface area contributed by atoms with Crippen molar-refractivity contribution in [2.45, 2.75) is 31.7 Å². The molecule has 2 aliphatic rings. The van der Waals surface area contributed by atoms with E-state index in [-0.39, 0.29) is 18.2 Å². The maximum Gasteiger partial charge on any atom is 0.337 e. The van der Waals surface area contributed by atoms with E-state index in [1.54, 1.807) is 24.3 Å². The summed E-state index contributed by atoms with van der Waals surface area (Å²) in [5.41, 5.74) is 2.24. The van der Waals surface area contributed by atoms with E-state index in [4.69, 9.17) is 4.74 Å². The molecule has 0 bridgehead atoms. The van der Waals surface area contributed by atoms with E-state index in [1.165, 1.54) is 17.6 Å². The predicted molar refractivity (Wildman–Crippen MR) is 113 cm³/mol. The van der Waals surface area contributed by atoms with E-state index >= 15 is 0 Å². The Morgan fingerprint density at radius 2 is 1.67 bits per heavy atom. The lowest BCUT2D eigenvalue weighted by molar-refractivity contribution is -0.123. The van der Waals surface area contributed by atoms with Gasteiger partial charge >= 0.3 is 5.97 Å². The van der Waals surface area contributed by atoms with Crippen LogP contribution in [-0.4, -0.2) is 48.9 Å². The molecule has 2 saturated heterocycles. The number of carbonyl (C=O) groups excluding carboxylic acids is 3. The molecule has 30 heavy (non-hydrogen) atoms. The van der Waals surface area contributed by atoms with Gasteiger partial charge in [0.25, 0.3) is 5.91 Å². The number of rotatable bonds is 5. The zero-order valence-corrected chi connectivity index (χ0v) is 17.1. The maximum absolute atomic E-state index is 13.0. The highest BCUT2D eigenvalue weighted by molar-refractivity contribution is 6.22. The van der Waals surface area contributed by atoms with Gasteiger partial charge in [-0.1, -0.05) is 30.3 Å². The van der Waals surface area contributed by atoms with Crippen molar-refractivity contribution >= 4 is 23.5 Å². The largest absolute Gasteiger partial charge is 0.465 e. The molecule has 0 spiro atoms. The van der Waals surface area contributed by atoms with Crippen LogP contribution in [-0.2, 0) is 20.7 Å². The number of carbonyl (C=O) groups is 3. The van der Waals surface area contributed by atoms with Crippen molar-refractivity contribution in [2.75, 3.05) is 25.1 Å². The van der Waals surface area contributed by atoms with Gasteiger partial charge in [-0.05, 0) is 68.1 Å². The summed E-state index contributed by atoms with van der Waals surface area (Å²) in [6.45, 7) is 1.66. The van der Waals surface area contributed by atoms with Crippen molar-refractivity contribution in [1.29, 1.82) is 0 Å². The second kappa shape index (κ2) is 8.79. The molecule has 2 aromatic carbocycles. The highest BCUT2D eigenvalue weighted by Gasteiger charge is 2.43. The summed E-state index contributed by atoms with van der Waals surface area (Å²) in [5, 5.41) is 0. The van der Waals surface area contributed by atoms with Crippen LogP contribution < -0.4 is 4.90 Å². The first-order valence-corrected chi connectivity index (χ1v) is 10.4. The second-order valence-corrected chi connectivity index (χ2v) is 7.99. The molecule has 1 atom stereocenters. The molecule has 4 rings (SSSR count). The number of likely N-dealkylation sites (tertiary alicyclic amines) is 1. The minimum atomic E-state index is -0.447. The number of esters is 1. The highest BCUT2D eigenvalue weighted by Crippen LogP contribution is 2.30. The molecule has 0 N–H and O–H groups in total. The highest BCUT2D eigenvalue weighted by atomic mass is 16.5.